The Bertz CT molecular complexity index is 338. The van der Waals surface area contributed by atoms with Crippen LogP contribution in [0.15, 0.2) is 12.1 Å². The fourth-order valence-corrected chi connectivity index (χ4v) is 2.16. The van der Waals surface area contributed by atoms with Gasteiger partial charge < -0.3 is 10.5 Å². The van der Waals surface area contributed by atoms with Crippen LogP contribution in [0.1, 0.15) is 23.6 Å². The van der Waals surface area contributed by atoms with Crippen LogP contribution in [0.2, 0.25) is 5.02 Å². The van der Waals surface area contributed by atoms with Gasteiger partial charge >= 0.3 is 0 Å². The van der Waals surface area contributed by atoms with E-state index in [1.807, 2.05) is 12.1 Å². The number of nitrogens with two attached hydrogens (primary N) is 1. The van der Waals surface area contributed by atoms with Crippen molar-refractivity contribution in [2.24, 2.45) is 5.73 Å². The van der Waals surface area contributed by atoms with E-state index in [9.17, 15) is 0 Å². The molecular formula is C10H12ClNO. The van der Waals surface area contributed by atoms with Gasteiger partial charge in [-0.25, -0.2) is 0 Å². The number of rotatable bonds is 1. The first-order valence-corrected chi connectivity index (χ1v) is 4.72. The van der Waals surface area contributed by atoms with Gasteiger partial charge in [0, 0.05) is 16.6 Å². The van der Waals surface area contributed by atoms with E-state index in [1.165, 1.54) is 0 Å². The first-order valence-electron chi connectivity index (χ1n) is 4.35. The summed E-state index contributed by atoms with van der Waals surface area (Å²) in [5, 5.41) is 0.809. The second-order valence-electron chi connectivity index (χ2n) is 3.29. The highest BCUT2D eigenvalue weighted by molar-refractivity contribution is 6.31. The highest BCUT2D eigenvalue weighted by Crippen LogP contribution is 2.40. The molecule has 13 heavy (non-hydrogen) atoms. The van der Waals surface area contributed by atoms with Gasteiger partial charge in [0.1, 0.15) is 5.75 Å². The van der Waals surface area contributed by atoms with Crippen LogP contribution in [-0.4, -0.2) is 7.11 Å². The Morgan fingerprint density at radius 3 is 3.00 bits per heavy atom. The lowest BCUT2D eigenvalue weighted by Crippen LogP contribution is -2.07. The van der Waals surface area contributed by atoms with Gasteiger partial charge in [-0.15, -0.1) is 0 Å². The summed E-state index contributed by atoms with van der Waals surface area (Å²) in [6.45, 7) is 0. The van der Waals surface area contributed by atoms with Crippen molar-refractivity contribution in [3.8, 4) is 5.75 Å². The predicted molar refractivity (Wildman–Crippen MR) is 53.3 cm³/mol. The smallest absolute Gasteiger partial charge is 0.124 e. The van der Waals surface area contributed by atoms with E-state index in [4.69, 9.17) is 22.1 Å². The van der Waals surface area contributed by atoms with E-state index in [0.717, 1.165) is 34.7 Å². The number of benzene rings is 1. The van der Waals surface area contributed by atoms with Gasteiger partial charge in [0.25, 0.3) is 0 Å². The maximum atomic E-state index is 6.05. The number of fused-ring (bicyclic) bond motifs is 1. The van der Waals surface area contributed by atoms with E-state index < -0.39 is 0 Å². The lowest BCUT2D eigenvalue weighted by Gasteiger charge is -2.11. The molecular weight excluding hydrogens is 186 g/mol. The van der Waals surface area contributed by atoms with Crippen molar-refractivity contribution in [1.29, 1.82) is 0 Å². The summed E-state index contributed by atoms with van der Waals surface area (Å²) in [5.41, 5.74) is 8.21. The van der Waals surface area contributed by atoms with Crippen LogP contribution in [0.25, 0.3) is 0 Å². The maximum Gasteiger partial charge on any atom is 0.124 e. The molecule has 1 aliphatic rings. The molecule has 0 aliphatic heterocycles. The molecule has 0 aromatic heterocycles. The molecule has 2 N–H and O–H groups in total. The molecule has 0 spiro atoms. The molecule has 0 radical (unpaired) electrons. The summed E-state index contributed by atoms with van der Waals surface area (Å²) in [5.74, 6) is 0.865. The van der Waals surface area contributed by atoms with E-state index in [2.05, 4.69) is 0 Å². The van der Waals surface area contributed by atoms with Crippen LogP contribution in [0.5, 0.6) is 5.75 Å². The van der Waals surface area contributed by atoms with Crippen molar-refractivity contribution in [3.05, 3.63) is 28.3 Å². The molecule has 0 heterocycles. The van der Waals surface area contributed by atoms with Gasteiger partial charge in [-0.2, -0.15) is 0 Å². The molecule has 0 saturated heterocycles. The molecule has 3 heteroatoms. The van der Waals surface area contributed by atoms with Crippen LogP contribution in [0.3, 0.4) is 0 Å². The van der Waals surface area contributed by atoms with Crippen LogP contribution in [0, 0.1) is 0 Å². The summed E-state index contributed by atoms with van der Waals surface area (Å²) >= 11 is 6.05. The Kier molecular flexibility index (Phi) is 2.18. The molecule has 1 aromatic rings. The van der Waals surface area contributed by atoms with Gasteiger partial charge in [-0.3, -0.25) is 0 Å². The molecule has 0 bridgehead atoms. The molecule has 1 atom stereocenters. The third kappa shape index (κ3) is 1.30. The zero-order valence-electron chi connectivity index (χ0n) is 7.51. The minimum absolute atomic E-state index is 0.0867. The Morgan fingerprint density at radius 1 is 1.54 bits per heavy atom. The fraction of sp³-hybridized carbons (Fsp3) is 0.400. The van der Waals surface area contributed by atoms with Crippen molar-refractivity contribution in [3.63, 3.8) is 0 Å². The second kappa shape index (κ2) is 3.20. The van der Waals surface area contributed by atoms with Gasteiger partial charge in [-0.05, 0) is 30.5 Å². The van der Waals surface area contributed by atoms with Gasteiger partial charge in [0.15, 0.2) is 0 Å². The molecule has 0 amide bonds. The third-order valence-corrected chi connectivity index (χ3v) is 2.91. The summed E-state index contributed by atoms with van der Waals surface area (Å²) in [4.78, 5) is 0. The third-order valence-electron chi connectivity index (χ3n) is 2.56. The summed E-state index contributed by atoms with van der Waals surface area (Å²) in [7, 11) is 1.66. The van der Waals surface area contributed by atoms with Gasteiger partial charge in [-0.1, -0.05) is 11.6 Å². The van der Waals surface area contributed by atoms with E-state index in [0.29, 0.717) is 0 Å². The van der Waals surface area contributed by atoms with Crippen LogP contribution in [-0.2, 0) is 6.42 Å². The Labute approximate surface area is 82.6 Å². The summed E-state index contributed by atoms with van der Waals surface area (Å²) < 4.78 is 5.24. The lowest BCUT2D eigenvalue weighted by molar-refractivity contribution is 0.407. The van der Waals surface area contributed by atoms with E-state index in [1.54, 1.807) is 7.11 Å². The lowest BCUT2D eigenvalue weighted by atomic mass is 10.1. The largest absolute Gasteiger partial charge is 0.496 e. The highest BCUT2D eigenvalue weighted by Gasteiger charge is 2.24. The SMILES string of the molecule is COc1ccc(Cl)c2c1C(N)CC2. The Hall–Kier alpha value is -0.730. The second-order valence-corrected chi connectivity index (χ2v) is 3.69. The zero-order valence-corrected chi connectivity index (χ0v) is 8.27. The van der Waals surface area contributed by atoms with Crippen molar-refractivity contribution in [2.45, 2.75) is 18.9 Å². The molecule has 2 nitrogen and oxygen atoms in total. The minimum atomic E-state index is 0.0867. The number of ether oxygens (including phenoxy) is 1. The van der Waals surface area contributed by atoms with Gasteiger partial charge in [0.05, 0.1) is 7.11 Å². The zero-order chi connectivity index (χ0) is 9.42. The Morgan fingerprint density at radius 2 is 2.31 bits per heavy atom. The number of hydrogen-bond donors (Lipinski definition) is 1. The van der Waals surface area contributed by atoms with Crippen molar-refractivity contribution in [2.75, 3.05) is 7.11 Å². The molecule has 0 fully saturated rings. The predicted octanol–water partition coefficient (Wildman–Crippen LogP) is 2.29. The number of hydrogen-bond acceptors (Lipinski definition) is 2. The monoisotopic (exact) mass is 197 g/mol. The molecule has 70 valence electrons. The first-order chi connectivity index (χ1) is 6.24. The van der Waals surface area contributed by atoms with Crippen LogP contribution < -0.4 is 10.5 Å². The number of methoxy groups -OCH3 is 1. The molecule has 0 saturated carbocycles. The van der Waals surface area contributed by atoms with Crippen LogP contribution >= 0.6 is 11.6 Å². The number of halogens is 1. The van der Waals surface area contributed by atoms with Gasteiger partial charge in [0.2, 0.25) is 0 Å². The van der Waals surface area contributed by atoms with E-state index in [-0.39, 0.29) is 6.04 Å². The van der Waals surface area contributed by atoms with Crippen LogP contribution in [0.4, 0.5) is 0 Å². The normalized spacial score (nSPS) is 20.1. The maximum absolute atomic E-state index is 6.05. The molecule has 1 aromatic carbocycles. The van der Waals surface area contributed by atoms with Crippen molar-refractivity contribution >= 4 is 11.6 Å². The van der Waals surface area contributed by atoms with Crippen molar-refractivity contribution < 1.29 is 4.74 Å². The fourth-order valence-electron chi connectivity index (χ4n) is 1.90. The quantitative estimate of drug-likeness (QED) is 0.750. The van der Waals surface area contributed by atoms with Crippen molar-refractivity contribution in [1.82, 2.24) is 0 Å². The first kappa shape index (κ1) is 8.85. The standard InChI is InChI=1S/C10H12ClNO/c1-13-9-5-3-7(11)6-2-4-8(12)10(6)9/h3,5,8H,2,4,12H2,1H3. The average Bonchev–Trinajstić information content (AvgIpc) is 2.51. The topological polar surface area (TPSA) is 35.2 Å². The Balaban J connectivity index is 2.60. The summed E-state index contributed by atoms with van der Waals surface area (Å²) in [6.07, 6.45) is 1.93. The average molecular weight is 198 g/mol. The molecule has 2 rings (SSSR count). The summed E-state index contributed by atoms with van der Waals surface area (Å²) in [6, 6.07) is 3.84. The molecule has 1 aliphatic carbocycles. The molecule has 1 unspecified atom stereocenters. The highest BCUT2D eigenvalue weighted by atomic mass is 35.5. The van der Waals surface area contributed by atoms with E-state index >= 15 is 0 Å². The minimum Gasteiger partial charge on any atom is -0.496 e.